The van der Waals surface area contributed by atoms with Crippen LogP contribution >= 0.6 is 0 Å². The highest BCUT2D eigenvalue weighted by Crippen LogP contribution is 2.17. The van der Waals surface area contributed by atoms with Crippen molar-refractivity contribution in [3.05, 3.63) is 0 Å². The number of hydrogen-bond acceptors (Lipinski definition) is 22. The molecule has 0 bridgehead atoms. The molecule has 0 radical (unpaired) electrons. The van der Waals surface area contributed by atoms with E-state index < -0.39 is 192 Å². The molecule has 0 aromatic carbocycles. The van der Waals surface area contributed by atoms with E-state index in [0.717, 1.165) is 0 Å². The van der Waals surface area contributed by atoms with E-state index in [9.17, 15) is 77.0 Å². The van der Waals surface area contributed by atoms with Gasteiger partial charge in [0.05, 0.1) is 12.5 Å². The van der Waals surface area contributed by atoms with E-state index in [0.29, 0.717) is 83.5 Å². The van der Waals surface area contributed by atoms with Gasteiger partial charge in [0.1, 0.15) is 78.5 Å². The lowest BCUT2D eigenvalue weighted by atomic mass is 9.96. The molecule has 0 aromatic rings. The van der Waals surface area contributed by atoms with Gasteiger partial charge in [0.25, 0.3) is 0 Å². The number of hydrogen-bond donors (Lipinski definition) is 23. The standard InChI is InChI=1S/C76H145N23O16/c1-13-44(8)59(83)73(112)97-57(41-58(82)100)72(111)96-56(40-43(6)7)71(110)93-50(28-17-22-34-78)65(104)91-51(29-18-23-35-79)67(106)95-55(39-42(4)5)70(109)88-47(11)62(101)87-48(12)63(102)89-54(32-26-38-86-76(84)85)68(107)98-60(45(9)14-2)74(113)94-52(30-19-24-36-80)66(105)90-49(27-16-21-33-77)64(103)92-53(31-20-25-37-81)69(108)99-61(75(114)115)46(10)15-3/h42-57,59-61H,13-41,77-81,83H2,1-12H3,(H2,82,100)(H,87,101)(H,88,109)(H,89,102)(H,90,105)(H,91,104)(H,92,103)(H,93,110)(H,94,113)(H,95,106)(H,96,111)(H,97,112)(H,98,107)(H,99,108)(H,114,115)(H4,84,85,86)/t44-,45-,46-,47-,48-,49-,50-,51-,52-,53-,54-,55-,56-,57-,59-,60-,61-/m0/s1. The fourth-order valence-electron chi connectivity index (χ4n) is 12.0. The Balaban J connectivity index is 7.03. The number of carboxylic acid groups (broad SMARTS) is 1. The van der Waals surface area contributed by atoms with E-state index in [1.54, 1.807) is 62.3 Å². The van der Waals surface area contributed by atoms with E-state index in [2.05, 4.69) is 74.1 Å². The first-order valence-electron chi connectivity index (χ1n) is 41.0. The summed E-state index contributed by atoms with van der Waals surface area (Å²) in [6.45, 7) is 21.4. The van der Waals surface area contributed by atoms with Crippen molar-refractivity contribution in [1.29, 1.82) is 0 Å². The number of nitrogens with zero attached hydrogens (tertiary/aromatic N) is 1. The topological polar surface area (TPSA) is 679 Å². The molecule has 0 heterocycles. The zero-order valence-electron chi connectivity index (χ0n) is 70.2. The van der Waals surface area contributed by atoms with Gasteiger partial charge in [-0.2, -0.15) is 0 Å². The van der Waals surface area contributed by atoms with Crippen LogP contribution in [0.5, 0.6) is 0 Å². The van der Waals surface area contributed by atoms with Gasteiger partial charge >= 0.3 is 5.97 Å². The predicted molar refractivity (Wildman–Crippen MR) is 438 cm³/mol. The van der Waals surface area contributed by atoms with Crippen molar-refractivity contribution in [3.8, 4) is 0 Å². The van der Waals surface area contributed by atoms with Crippen LogP contribution in [0.1, 0.15) is 231 Å². The van der Waals surface area contributed by atoms with Crippen LogP contribution in [-0.2, 0) is 71.9 Å². The summed E-state index contributed by atoms with van der Waals surface area (Å²) in [5, 5.41) is 44.5. The summed E-state index contributed by atoms with van der Waals surface area (Å²) in [6.07, 6.45) is 4.86. The van der Waals surface area contributed by atoms with Gasteiger partial charge in [0.2, 0.25) is 82.7 Å². The molecule has 0 saturated heterocycles. The number of carbonyl (C=O) groups is 15. The third-order valence-electron chi connectivity index (χ3n) is 19.8. The Hall–Kier alpha value is -8.92. The van der Waals surface area contributed by atoms with Crippen LogP contribution in [0.4, 0.5) is 0 Å². The Morgan fingerprint density at radius 1 is 0.304 bits per heavy atom. The summed E-state index contributed by atoms with van der Waals surface area (Å²) in [7, 11) is 0. The average Bonchev–Trinajstić information content (AvgIpc) is 0.853. The van der Waals surface area contributed by atoms with E-state index in [-0.39, 0.29) is 121 Å². The van der Waals surface area contributed by atoms with Crippen LogP contribution in [0.25, 0.3) is 0 Å². The van der Waals surface area contributed by atoms with Crippen molar-refractivity contribution in [2.45, 2.75) is 315 Å². The van der Waals surface area contributed by atoms with Gasteiger partial charge in [-0.05, 0) is 198 Å². The fourth-order valence-corrected chi connectivity index (χ4v) is 12.0. The molecule has 660 valence electrons. The molecule has 0 aliphatic rings. The van der Waals surface area contributed by atoms with Gasteiger partial charge in [-0.1, -0.05) is 88.5 Å². The second-order valence-electron chi connectivity index (χ2n) is 30.8. The van der Waals surface area contributed by atoms with Gasteiger partial charge in [-0.3, -0.25) is 72.1 Å². The third-order valence-corrected chi connectivity index (χ3v) is 19.8. The summed E-state index contributed by atoms with van der Waals surface area (Å²) in [5.74, 6) is -14.8. The second kappa shape index (κ2) is 58.8. The van der Waals surface area contributed by atoms with E-state index in [4.69, 9.17) is 51.6 Å². The largest absolute Gasteiger partial charge is 0.480 e. The normalized spacial score (nSPS) is 15.8. The molecule has 39 nitrogen and oxygen atoms in total. The first-order chi connectivity index (χ1) is 54.2. The van der Waals surface area contributed by atoms with Crippen molar-refractivity contribution in [2.24, 2.45) is 86.2 Å². The van der Waals surface area contributed by atoms with Crippen molar-refractivity contribution in [1.82, 2.24) is 69.1 Å². The molecule has 0 spiro atoms. The second-order valence-corrected chi connectivity index (χ2v) is 30.8. The number of carbonyl (C=O) groups excluding carboxylic acids is 14. The van der Waals surface area contributed by atoms with Crippen molar-refractivity contribution in [3.63, 3.8) is 0 Å². The Labute approximate surface area is 678 Å². The molecule has 32 N–H and O–H groups in total. The molecule has 14 amide bonds. The number of rotatable bonds is 63. The SMILES string of the molecule is CC[C@H](C)[C@H](N)C(=O)N[C@@H](CC(N)=O)C(=O)N[C@@H](CC(C)C)C(=O)N[C@@H](CCCCN)C(=O)N[C@@H](CCCCN)C(=O)N[C@@H](CC(C)C)C(=O)N[C@@H](C)C(=O)N[C@@H](C)C(=O)N[C@@H](CCCN=C(N)N)C(=O)N[C@H](C(=O)N[C@@H](CCCCN)C(=O)N[C@@H](CCCCN)C(=O)N[C@@H](CCCCN)C(=O)N[C@H](C(=O)O)[C@@H](C)CC)[C@@H](C)CC. The number of primary amides is 1. The molecular formula is C76H145N23O16. The predicted octanol–water partition coefficient (Wildman–Crippen LogP) is -3.45. The van der Waals surface area contributed by atoms with Crippen LogP contribution in [0.3, 0.4) is 0 Å². The Kier molecular flexibility index (Phi) is 54.3. The molecule has 0 unspecified atom stereocenters. The van der Waals surface area contributed by atoms with Gasteiger partial charge in [-0.25, -0.2) is 4.79 Å². The molecule has 0 saturated carbocycles. The average molecular weight is 1640 g/mol. The first-order valence-corrected chi connectivity index (χ1v) is 41.0. The Bertz CT molecular complexity index is 3070. The minimum absolute atomic E-state index is 0.00196. The van der Waals surface area contributed by atoms with Crippen LogP contribution in [0.15, 0.2) is 4.99 Å². The lowest BCUT2D eigenvalue weighted by Crippen LogP contribution is -2.61. The fraction of sp³-hybridized carbons (Fsp3) is 0.789. The van der Waals surface area contributed by atoms with E-state index >= 15 is 0 Å². The number of nitrogens with one attached hydrogen (secondary N) is 13. The van der Waals surface area contributed by atoms with Crippen LogP contribution in [0.2, 0.25) is 0 Å². The summed E-state index contributed by atoms with van der Waals surface area (Å²) in [4.78, 5) is 213. The van der Waals surface area contributed by atoms with Gasteiger partial charge in [0, 0.05) is 6.54 Å². The Morgan fingerprint density at radius 2 is 0.565 bits per heavy atom. The summed E-state index contributed by atoms with van der Waals surface area (Å²) < 4.78 is 0. The summed E-state index contributed by atoms with van der Waals surface area (Å²) in [6, 6.07) is -18.4. The number of unbranched alkanes of at least 4 members (excludes halogenated alkanes) is 5. The molecule has 0 aliphatic carbocycles. The number of nitrogens with two attached hydrogens (primary N) is 9. The first kappa shape index (κ1) is 106. The number of carboxylic acids is 1. The quantitative estimate of drug-likeness (QED) is 0.0160. The van der Waals surface area contributed by atoms with Gasteiger partial charge in [0.15, 0.2) is 5.96 Å². The van der Waals surface area contributed by atoms with Gasteiger partial charge < -0.3 is 126 Å². The number of aliphatic carboxylic acids is 1. The lowest BCUT2D eigenvalue weighted by molar-refractivity contribution is -0.144. The molecule has 0 aromatic heterocycles. The van der Waals surface area contributed by atoms with Crippen LogP contribution in [-0.4, -0.2) is 224 Å². The van der Waals surface area contributed by atoms with Gasteiger partial charge in [-0.15, -0.1) is 0 Å². The van der Waals surface area contributed by atoms with Crippen LogP contribution < -0.4 is 121 Å². The van der Waals surface area contributed by atoms with Crippen molar-refractivity contribution >= 4 is 94.6 Å². The maximum Gasteiger partial charge on any atom is 0.326 e. The smallest absolute Gasteiger partial charge is 0.326 e. The highest BCUT2D eigenvalue weighted by atomic mass is 16.4. The molecule has 0 fully saturated rings. The number of aliphatic imine (C=N–C) groups is 1. The zero-order valence-corrected chi connectivity index (χ0v) is 70.2. The summed E-state index contributed by atoms with van der Waals surface area (Å²) in [5.41, 5.74) is 51.8. The maximum absolute atomic E-state index is 14.6. The van der Waals surface area contributed by atoms with Crippen LogP contribution in [0, 0.1) is 29.6 Å². The van der Waals surface area contributed by atoms with E-state index in [1.165, 1.54) is 13.8 Å². The minimum Gasteiger partial charge on any atom is -0.480 e. The van der Waals surface area contributed by atoms with E-state index in [1.807, 2.05) is 6.92 Å². The minimum atomic E-state index is -1.51. The molecular weight excluding hydrogens is 1490 g/mol. The summed E-state index contributed by atoms with van der Waals surface area (Å²) >= 11 is 0. The highest BCUT2D eigenvalue weighted by molar-refractivity contribution is 6.00. The third kappa shape index (κ3) is 43.0. The maximum atomic E-state index is 14.6. The monoisotopic (exact) mass is 1640 g/mol. The molecule has 39 heteroatoms. The molecule has 0 aliphatic heterocycles. The molecule has 17 atom stereocenters. The molecule has 115 heavy (non-hydrogen) atoms. The highest BCUT2D eigenvalue weighted by Gasteiger charge is 2.39. The zero-order chi connectivity index (χ0) is 87.6. The number of amides is 14. The Morgan fingerprint density at radius 3 is 0.887 bits per heavy atom. The van der Waals surface area contributed by atoms with Crippen molar-refractivity contribution < 1.29 is 77.0 Å². The number of guanidine groups is 1. The lowest BCUT2D eigenvalue weighted by Gasteiger charge is -2.30. The molecule has 0 rings (SSSR count). The van der Waals surface area contributed by atoms with Crippen molar-refractivity contribution in [2.75, 3.05) is 39.3 Å².